The average molecular weight is 244 g/mol. The number of amides is 2. The standard InChI is InChI=1S/C11H20N2O2S/c1-4-9(2)10(14)12-5-7-13(8-6-12)11(15)16-3/h9H,4-8H2,1-3H3. The van der Waals surface area contributed by atoms with Gasteiger partial charge >= 0.3 is 0 Å². The molecule has 5 heteroatoms. The van der Waals surface area contributed by atoms with Crippen molar-refractivity contribution >= 4 is 22.9 Å². The molecule has 1 heterocycles. The lowest BCUT2D eigenvalue weighted by Crippen LogP contribution is -2.50. The molecule has 1 unspecified atom stereocenters. The number of piperazine rings is 1. The highest BCUT2D eigenvalue weighted by molar-refractivity contribution is 8.12. The van der Waals surface area contributed by atoms with Crippen LogP contribution in [0.1, 0.15) is 20.3 Å². The van der Waals surface area contributed by atoms with Gasteiger partial charge in [-0.05, 0) is 12.7 Å². The molecule has 0 aromatic heterocycles. The predicted octanol–water partition coefficient (Wildman–Crippen LogP) is 1.66. The van der Waals surface area contributed by atoms with Crippen molar-refractivity contribution in [1.82, 2.24) is 9.80 Å². The predicted molar refractivity (Wildman–Crippen MR) is 66.5 cm³/mol. The Balaban J connectivity index is 2.43. The van der Waals surface area contributed by atoms with Crippen LogP contribution in [0.3, 0.4) is 0 Å². The fourth-order valence-corrected chi connectivity index (χ4v) is 2.17. The Hall–Kier alpha value is -0.710. The van der Waals surface area contributed by atoms with Crippen molar-refractivity contribution in [1.29, 1.82) is 0 Å². The van der Waals surface area contributed by atoms with E-state index in [4.69, 9.17) is 0 Å². The largest absolute Gasteiger partial charge is 0.339 e. The summed E-state index contributed by atoms with van der Waals surface area (Å²) in [6, 6.07) is 0. The van der Waals surface area contributed by atoms with Crippen LogP contribution in [0.15, 0.2) is 0 Å². The molecular weight excluding hydrogens is 224 g/mol. The van der Waals surface area contributed by atoms with Gasteiger partial charge in [-0.25, -0.2) is 0 Å². The van der Waals surface area contributed by atoms with Crippen molar-refractivity contribution in [3.05, 3.63) is 0 Å². The van der Waals surface area contributed by atoms with Crippen molar-refractivity contribution < 1.29 is 9.59 Å². The minimum atomic E-state index is 0.0998. The zero-order chi connectivity index (χ0) is 12.1. The second-order valence-corrected chi connectivity index (χ2v) is 4.85. The third-order valence-electron chi connectivity index (χ3n) is 3.06. The fraction of sp³-hybridized carbons (Fsp3) is 0.818. The van der Waals surface area contributed by atoms with Crippen molar-refractivity contribution in [2.75, 3.05) is 32.4 Å². The van der Waals surface area contributed by atoms with E-state index in [0.717, 1.165) is 6.42 Å². The summed E-state index contributed by atoms with van der Waals surface area (Å²) < 4.78 is 0. The van der Waals surface area contributed by atoms with Crippen LogP contribution < -0.4 is 0 Å². The van der Waals surface area contributed by atoms with Crippen LogP contribution in [0.25, 0.3) is 0 Å². The molecule has 0 saturated carbocycles. The van der Waals surface area contributed by atoms with Crippen LogP contribution in [0.5, 0.6) is 0 Å². The molecule has 1 aliphatic rings. The van der Waals surface area contributed by atoms with Gasteiger partial charge in [-0.3, -0.25) is 9.59 Å². The number of nitrogens with zero attached hydrogens (tertiary/aromatic N) is 2. The number of hydrogen-bond acceptors (Lipinski definition) is 3. The summed E-state index contributed by atoms with van der Waals surface area (Å²) in [5.74, 6) is 0.321. The molecule has 0 aromatic carbocycles. The Bertz CT molecular complexity index is 263. The number of rotatable bonds is 2. The fourth-order valence-electron chi connectivity index (χ4n) is 1.72. The molecule has 1 fully saturated rings. The Kier molecular flexibility index (Phi) is 5.12. The summed E-state index contributed by atoms with van der Waals surface area (Å²) in [4.78, 5) is 27.0. The molecule has 0 spiro atoms. The van der Waals surface area contributed by atoms with E-state index in [1.807, 2.05) is 23.6 Å². The number of carbonyl (C=O) groups is 2. The molecule has 16 heavy (non-hydrogen) atoms. The van der Waals surface area contributed by atoms with Crippen LogP contribution in [0, 0.1) is 5.92 Å². The highest BCUT2D eigenvalue weighted by Gasteiger charge is 2.25. The Morgan fingerprint density at radius 3 is 2.12 bits per heavy atom. The van der Waals surface area contributed by atoms with Gasteiger partial charge in [-0.2, -0.15) is 0 Å². The third-order valence-corrected chi connectivity index (χ3v) is 3.67. The molecule has 0 radical (unpaired) electrons. The topological polar surface area (TPSA) is 40.6 Å². The molecule has 1 atom stereocenters. The highest BCUT2D eigenvalue weighted by Crippen LogP contribution is 2.12. The van der Waals surface area contributed by atoms with Crippen LogP contribution in [-0.4, -0.2) is 53.4 Å². The van der Waals surface area contributed by atoms with Crippen LogP contribution in [0.2, 0.25) is 0 Å². The van der Waals surface area contributed by atoms with Crippen LogP contribution in [0.4, 0.5) is 4.79 Å². The minimum Gasteiger partial charge on any atom is -0.339 e. The first-order chi connectivity index (χ1) is 7.60. The number of thioether (sulfide) groups is 1. The van der Waals surface area contributed by atoms with Gasteiger partial charge in [0.25, 0.3) is 5.24 Å². The van der Waals surface area contributed by atoms with E-state index in [9.17, 15) is 9.59 Å². The number of carbonyl (C=O) groups excluding carboxylic acids is 2. The first kappa shape index (κ1) is 13.4. The summed E-state index contributed by atoms with van der Waals surface area (Å²) >= 11 is 1.24. The Morgan fingerprint density at radius 1 is 1.19 bits per heavy atom. The van der Waals surface area contributed by atoms with Gasteiger partial charge in [0.1, 0.15) is 0 Å². The Morgan fingerprint density at radius 2 is 1.69 bits per heavy atom. The molecule has 4 nitrogen and oxygen atoms in total. The van der Waals surface area contributed by atoms with Gasteiger partial charge in [0, 0.05) is 32.1 Å². The molecular formula is C11H20N2O2S. The molecule has 92 valence electrons. The molecule has 1 aliphatic heterocycles. The van der Waals surface area contributed by atoms with Gasteiger partial charge in [-0.15, -0.1) is 0 Å². The summed E-state index contributed by atoms with van der Waals surface area (Å²) in [6.45, 7) is 6.67. The first-order valence-corrected chi connectivity index (χ1v) is 6.94. The van der Waals surface area contributed by atoms with Crippen molar-refractivity contribution in [3.8, 4) is 0 Å². The quantitative estimate of drug-likeness (QED) is 0.742. The zero-order valence-electron chi connectivity index (χ0n) is 10.2. The number of hydrogen-bond donors (Lipinski definition) is 0. The third kappa shape index (κ3) is 3.14. The second kappa shape index (κ2) is 6.13. The zero-order valence-corrected chi connectivity index (χ0v) is 11.0. The van der Waals surface area contributed by atoms with E-state index in [1.165, 1.54) is 11.8 Å². The van der Waals surface area contributed by atoms with Crippen molar-refractivity contribution in [2.45, 2.75) is 20.3 Å². The molecule has 0 aromatic rings. The highest BCUT2D eigenvalue weighted by atomic mass is 32.2. The summed E-state index contributed by atoms with van der Waals surface area (Å²) in [6.07, 6.45) is 2.67. The van der Waals surface area contributed by atoms with E-state index in [0.29, 0.717) is 26.2 Å². The van der Waals surface area contributed by atoms with Gasteiger partial charge in [0.2, 0.25) is 5.91 Å². The molecule has 0 aliphatic carbocycles. The molecule has 1 rings (SSSR count). The van der Waals surface area contributed by atoms with E-state index in [1.54, 1.807) is 6.26 Å². The SMILES string of the molecule is CCC(C)C(=O)N1CCN(C(=O)SC)CC1. The van der Waals surface area contributed by atoms with Crippen LogP contribution >= 0.6 is 11.8 Å². The normalized spacial score (nSPS) is 18.4. The second-order valence-electron chi connectivity index (χ2n) is 4.09. The lowest BCUT2D eigenvalue weighted by Gasteiger charge is -2.35. The summed E-state index contributed by atoms with van der Waals surface area (Å²) in [5, 5.41) is 0.107. The van der Waals surface area contributed by atoms with E-state index in [-0.39, 0.29) is 17.1 Å². The maximum atomic E-state index is 11.9. The first-order valence-electron chi connectivity index (χ1n) is 5.71. The van der Waals surface area contributed by atoms with E-state index < -0.39 is 0 Å². The lowest BCUT2D eigenvalue weighted by atomic mass is 10.1. The van der Waals surface area contributed by atoms with Gasteiger partial charge in [0.05, 0.1) is 0 Å². The molecule has 0 N–H and O–H groups in total. The van der Waals surface area contributed by atoms with E-state index >= 15 is 0 Å². The average Bonchev–Trinajstić information content (AvgIpc) is 2.36. The van der Waals surface area contributed by atoms with Crippen LogP contribution in [-0.2, 0) is 4.79 Å². The molecule has 2 amide bonds. The summed E-state index contributed by atoms with van der Waals surface area (Å²) in [5.41, 5.74) is 0. The summed E-state index contributed by atoms with van der Waals surface area (Å²) in [7, 11) is 0. The van der Waals surface area contributed by atoms with Gasteiger partial charge in [0.15, 0.2) is 0 Å². The lowest BCUT2D eigenvalue weighted by molar-refractivity contribution is -0.136. The van der Waals surface area contributed by atoms with Gasteiger partial charge in [-0.1, -0.05) is 25.6 Å². The van der Waals surface area contributed by atoms with Crippen molar-refractivity contribution in [2.24, 2.45) is 5.92 Å². The van der Waals surface area contributed by atoms with Gasteiger partial charge < -0.3 is 9.80 Å². The maximum absolute atomic E-state index is 11.9. The van der Waals surface area contributed by atoms with Crippen molar-refractivity contribution in [3.63, 3.8) is 0 Å². The minimum absolute atomic E-state index is 0.0998. The monoisotopic (exact) mass is 244 g/mol. The van der Waals surface area contributed by atoms with E-state index in [2.05, 4.69) is 0 Å². The smallest absolute Gasteiger partial charge is 0.281 e. The Labute approximate surface area is 101 Å². The molecule has 0 bridgehead atoms. The maximum Gasteiger partial charge on any atom is 0.281 e. The molecule has 1 saturated heterocycles.